The van der Waals surface area contributed by atoms with E-state index in [4.69, 9.17) is 0 Å². The molecule has 0 radical (unpaired) electrons. The Morgan fingerprint density at radius 1 is 1.10 bits per heavy atom. The lowest BCUT2D eigenvalue weighted by atomic mass is 10.00. The highest BCUT2D eigenvalue weighted by atomic mass is 79.9. The molecule has 1 saturated heterocycles. The molecule has 0 aliphatic carbocycles. The number of benzene rings is 1. The SMILES string of the molecule is CCC[C@@H](c1cc(Br)cc(Br)c1)N1CCNCC1.Cl.Cl. The van der Waals surface area contributed by atoms with Gasteiger partial charge in [0.15, 0.2) is 0 Å². The van der Waals surface area contributed by atoms with Crippen molar-refractivity contribution in [2.45, 2.75) is 25.8 Å². The van der Waals surface area contributed by atoms with E-state index in [1.165, 1.54) is 18.4 Å². The summed E-state index contributed by atoms with van der Waals surface area (Å²) >= 11 is 7.19. The molecule has 20 heavy (non-hydrogen) atoms. The number of halogens is 4. The summed E-state index contributed by atoms with van der Waals surface area (Å²) in [5, 5.41) is 3.43. The van der Waals surface area contributed by atoms with Crippen molar-refractivity contribution in [1.82, 2.24) is 10.2 Å². The van der Waals surface area contributed by atoms with Crippen LogP contribution in [0.5, 0.6) is 0 Å². The van der Waals surface area contributed by atoms with Gasteiger partial charge in [-0.3, -0.25) is 4.90 Å². The van der Waals surface area contributed by atoms with Crippen LogP contribution in [0.4, 0.5) is 0 Å². The van der Waals surface area contributed by atoms with Gasteiger partial charge in [-0.05, 0) is 30.2 Å². The van der Waals surface area contributed by atoms with Crippen LogP contribution in [0.2, 0.25) is 0 Å². The van der Waals surface area contributed by atoms with E-state index in [1.54, 1.807) is 0 Å². The number of nitrogens with one attached hydrogen (secondary N) is 1. The third-order valence-corrected chi connectivity index (χ3v) is 4.34. The molecule has 1 N–H and O–H groups in total. The number of hydrogen-bond acceptors (Lipinski definition) is 2. The lowest BCUT2D eigenvalue weighted by Crippen LogP contribution is -2.45. The van der Waals surface area contributed by atoms with Crippen LogP contribution in [0.15, 0.2) is 27.1 Å². The first kappa shape index (κ1) is 20.7. The van der Waals surface area contributed by atoms with E-state index in [2.05, 4.69) is 67.2 Å². The fraction of sp³-hybridized carbons (Fsp3) is 0.571. The van der Waals surface area contributed by atoms with Crippen LogP contribution in [-0.2, 0) is 0 Å². The molecule has 2 nitrogen and oxygen atoms in total. The average molecular weight is 449 g/mol. The Balaban J connectivity index is 0.00000180. The van der Waals surface area contributed by atoms with Gasteiger partial charge in [0.05, 0.1) is 0 Å². The van der Waals surface area contributed by atoms with Crippen molar-refractivity contribution in [3.05, 3.63) is 32.7 Å². The molecular weight excluding hydrogens is 427 g/mol. The molecule has 0 spiro atoms. The highest BCUT2D eigenvalue weighted by molar-refractivity contribution is 9.11. The summed E-state index contributed by atoms with van der Waals surface area (Å²) in [5.74, 6) is 0. The topological polar surface area (TPSA) is 15.3 Å². The van der Waals surface area contributed by atoms with Gasteiger partial charge < -0.3 is 5.32 Å². The Kier molecular flexibility index (Phi) is 10.8. The third-order valence-electron chi connectivity index (χ3n) is 3.42. The molecule has 116 valence electrons. The van der Waals surface area contributed by atoms with Crippen LogP contribution in [0.25, 0.3) is 0 Å². The fourth-order valence-electron chi connectivity index (χ4n) is 2.59. The van der Waals surface area contributed by atoms with Gasteiger partial charge in [0.2, 0.25) is 0 Å². The van der Waals surface area contributed by atoms with Gasteiger partial charge in [0.1, 0.15) is 0 Å². The van der Waals surface area contributed by atoms with Crippen molar-refractivity contribution in [2.75, 3.05) is 26.2 Å². The smallest absolute Gasteiger partial charge is 0.0349 e. The van der Waals surface area contributed by atoms with Gasteiger partial charge in [-0.1, -0.05) is 45.2 Å². The highest BCUT2D eigenvalue weighted by Gasteiger charge is 2.21. The van der Waals surface area contributed by atoms with Gasteiger partial charge in [0, 0.05) is 41.2 Å². The molecular formula is C14H22Br2Cl2N2. The maximum absolute atomic E-state index is 3.60. The first-order chi connectivity index (χ1) is 8.70. The molecule has 1 atom stereocenters. The molecule has 1 heterocycles. The number of rotatable bonds is 4. The normalized spacial score (nSPS) is 16.9. The Hall–Kier alpha value is 0.680. The molecule has 1 aliphatic rings. The molecule has 2 rings (SSSR count). The van der Waals surface area contributed by atoms with Gasteiger partial charge in [0.25, 0.3) is 0 Å². The van der Waals surface area contributed by atoms with Crippen LogP contribution >= 0.6 is 56.7 Å². The molecule has 1 aromatic carbocycles. The monoisotopic (exact) mass is 446 g/mol. The van der Waals surface area contributed by atoms with Crippen molar-refractivity contribution < 1.29 is 0 Å². The Morgan fingerprint density at radius 2 is 1.65 bits per heavy atom. The van der Waals surface area contributed by atoms with E-state index in [9.17, 15) is 0 Å². The molecule has 0 aromatic heterocycles. The fourth-order valence-corrected chi connectivity index (χ4v) is 3.92. The molecule has 0 saturated carbocycles. The van der Waals surface area contributed by atoms with E-state index in [0.29, 0.717) is 6.04 Å². The zero-order valence-corrected chi connectivity index (χ0v) is 16.4. The molecule has 0 unspecified atom stereocenters. The number of nitrogens with zero attached hydrogens (tertiary/aromatic N) is 1. The summed E-state index contributed by atoms with van der Waals surface area (Å²) in [4.78, 5) is 2.61. The summed E-state index contributed by atoms with van der Waals surface area (Å²) in [6.07, 6.45) is 2.45. The standard InChI is InChI=1S/C14H20Br2N2.2ClH/c1-2-3-14(18-6-4-17-5-7-18)11-8-12(15)10-13(16)9-11;;/h8-10,14,17H,2-7H2,1H3;2*1H/t14-;;/m0../s1. The minimum Gasteiger partial charge on any atom is -0.314 e. The number of hydrogen-bond donors (Lipinski definition) is 1. The van der Waals surface area contributed by atoms with Crippen LogP contribution in [0.3, 0.4) is 0 Å². The molecule has 1 aromatic rings. The van der Waals surface area contributed by atoms with E-state index < -0.39 is 0 Å². The molecule has 1 aliphatic heterocycles. The third kappa shape index (κ3) is 5.82. The second-order valence-electron chi connectivity index (χ2n) is 4.79. The summed E-state index contributed by atoms with van der Waals surface area (Å²) in [7, 11) is 0. The van der Waals surface area contributed by atoms with E-state index in [-0.39, 0.29) is 24.8 Å². The second kappa shape index (κ2) is 10.4. The quantitative estimate of drug-likeness (QED) is 0.711. The molecule has 6 heteroatoms. The zero-order chi connectivity index (χ0) is 13.0. The predicted octanol–water partition coefficient (Wildman–Crippen LogP) is 4.80. The van der Waals surface area contributed by atoms with Gasteiger partial charge in [-0.2, -0.15) is 0 Å². The van der Waals surface area contributed by atoms with Crippen molar-refractivity contribution in [3.63, 3.8) is 0 Å². The minimum absolute atomic E-state index is 0. The predicted molar refractivity (Wildman–Crippen MR) is 98.4 cm³/mol. The Labute approximate surface area is 151 Å². The molecule has 0 bridgehead atoms. The van der Waals surface area contributed by atoms with Gasteiger partial charge in [-0.15, -0.1) is 24.8 Å². The van der Waals surface area contributed by atoms with Gasteiger partial charge in [-0.25, -0.2) is 0 Å². The van der Waals surface area contributed by atoms with Crippen LogP contribution in [0.1, 0.15) is 31.4 Å². The first-order valence-corrected chi connectivity index (χ1v) is 8.20. The average Bonchev–Trinajstić information content (AvgIpc) is 2.36. The summed E-state index contributed by atoms with van der Waals surface area (Å²) in [5.41, 5.74) is 1.42. The molecule has 1 fully saturated rings. The van der Waals surface area contributed by atoms with Crippen LogP contribution in [0, 0.1) is 0 Å². The maximum atomic E-state index is 3.60. The van der Waals surface area contributed by atoms with Crippen molar-refractivity contribution in [2.24, 2.45) is 0 Å². The Bertz CT molecular complexity index is 379. The molecule has 0 amide bonds. The summed E-state index contributed by atoms with van der Waals surface area (Å²) in [6, 6.07) is 7.16. The second-order valence-corrected chi connectivity index (χ2v) is 6.62. The maximum Gasteiger partial charge on any atom is 0.0349 e. The van der Waals surface area contributed by atoms with Crippen molar-refractivity contribution >= 4 is 56.7 Å². The number of piperazine rings is 1. The van der Waals surface area contributed by atoms with Crippen molar-refractivity contribution in [1.29, 1.82) is 0 Å². The van der Waals surface area contributed by atoms with E-state index in [0.717, 1.165) is 35.1 Å². The Morgan fingerprint density at radius 3 is 2.15 bits per heavy atom. The van der Waals surface area contributed by atoms with E-state index in [1.807, 2.05) is 0 Å². The summed E-state index contributed by atoms with van der Waals surface area (Å²) < 4.78 is 2.31. The van der Waals surface area contributed by atoms with Crippen molar-refractivity contribution in [3.8, 4) is 0 Å². The van der Waals surface area contributed by atoms with Gasteiger partial charge >= 0.3 is 0 Å². The zero-order valence-electron chi connectivity index (χ0n) is 11.6. The first-order valence-electron chi connectivity index (χ1n) is 6.61. The highest BCUT2D eigenvalue weighted by Crippen LogP contribution is 2.30. The van der Waals surface area contributed by atoms with E-state index >= 15 is 0 Å². The largest absolute Gasteiger partial charge is 0.314 e. The lowest BCUT2D eigenvalue weighted by molar-refractivity contribution is 0.164. The summed E-state index contributed by atoms with van der Waals surface area (Å²) in [6.45, 7) is 6.77. The lowest BCUT2D eigenvalue weighted by Gasteiger charge is -2.35. The van der Waals surface area contributed by atoms with Crippen LogP contribution < -0.4 is 5.32 Å². The minimum atomic E-state index is 0. The van der Waals surface area contributed by atoms with Crippen LogP contribution in [-0.4, -0.2) is 31.1 Å².